The average Bonchev–Trinajstić information content (AvgIpc) is 3.17. The fraction of sp³-hybridized carbons (Fsp3) is 0.286. The number of aryl methyl sites for hydroxylation is 1. The molecule has 1 aromatic heterocycles. The van der Waals surface area contributed by atoms with E-state index in [2.05, 4.69) is 66.2 Å². The number of hydrogen-bond acceptors (Lipinski definition) is 3. The molecular formula is C14H13Br2N3. The van der Waals surface area contributed by atoms with Gasteiger partial charge in [0.15, 0.2) is 0 Å². The van der Waals surface area contributed by atoms with E-state index >= 15 is 0 Å². The Morgan fingerprint density at radius 2 is 1.95 bits per heavy atom. The summed E-state index contributed by atoms with van der Waals surface area (Å²) in [6.45, 7) is 2.07. The van der Waals surface area contributed by atoms with Crippen molar-refractivity contribution in [3.63, 3.8) is 0 Å². The molecule has 1 N–H and O–H groups in total. The number of benzene rings is 1. The summed E-state index contributed by atoms with van der Waals surface area (Å²) < 4.78 is 1.86. The molecule has 0 unspecified atom stereocenters. The van der Waals surface area contributed by atoms with Gasteiger partial charge >= 0.3 is 0 Å². The lowest BCUT2D eigenvalue weighted by Gasteiger charge is -2.10. The van der Waals surface area contributed by atoms with Crippen LogP contribution >= 0.6 is 31.9 Å². The second-order valence-corrected chi connectivity index (χ2v) is 6.48. The molecule has 0 aliphatic heterocycles. The zero-order valence-electron chi connectivity index (χ0n) is 10.5. The van der Waals surface area contributed by atoms with Gasteiger partial charge in [0.2, 0.25) is 0 Å². The van der Waals surface area contributed by atoms with E-state index < -0.39 is 0 Å². The van der Waals surface area contributed by atoms with Crippen molar-refractivity contribution in [3.8, 4) is 0 Å². The minimum Gasteiger partial charge on any atom is -0.339 e. The zero-order chi connectivity index (χ0) is 13.4. The van der Waals surface area contributed by atoms with Gasteiger partial charge in [0.1, 0.15) is 16.2 Å². The first-order chi connectivity index (χ1) is 9.11. The standard InChI is InChI=1S/C14H13Br2N3/c1-8-2-5-10(15)11(6-8)17-13-7-12(16)18-14(19-13)9-3-4-9/h2,5-7,9H,3-4H2,1H3,(H,17,18,19). The Morgan fingerprint density at radius 3 is 2.68 bits per heavy atom. The van der Waals surface area contributed by atoms with Gasteiger partial charge in [-0.15, -0.1) is 0 Å². The summed E-state index contributed by atoms with van der Waals surface area (Å²) in [4.78, 5) is 9.02. The van der Waals surface area contributed by atoms with Crippen molar-refractivity contribution in [1.82, 2.24) is 9.97 Å². The molecule has 0 bridgehead atoms. The van der Waals surface area contributed by atoms with Crippen LogP contribution in [0.15, 0.2) is 33.3 Å². The number of nitrogens with one attached hydrogen (secondary N) is 1. The second kappa shape index (κ2) is 5.21. The molecule has 1 fully saturated rings. The van der Waals surface area contributed by atoms with Gasteiger partial charge in [-0.1, -0.05) is 6.07 Å². The fourth-order valence-electron chi connectivity index (χ4n) is 1.90. The highest BCUT2D eigenvalue weighted by Crippen LogP contribution is 2.39. The molecule has 0 amide bonds. The number of halogens is 2. The first-order valence-electron chi connectivity index (χ1n) is 6.19. The largest absolute Gasteiger partial charge is 0.339 e. The average molecular weight is 383 g/mol. The molecule has 2 aromatic rings. The molecular weight excluding hydrogens is 370 g/mol. The Hall–Kier alpha value is -0.940. The van der Waals surface area contributed by atoms with Crippen LogP contribution in [-0.2, 0) is 0 Å². The third kappa shape index (κ3) is 3.15. The summed E-state index contributed by atoms with van der Waals surface area (Å²) in [5, 5.41) is 3.35. The summed E-state index contributed by atoms with van der Waals surface area (Å²) in [5.41, 5.74) is 2.23. The Kier molecular flexibility index (Phi) is 3.58. The van der Waals surface area contributed by atoms with E-state index in [-0.39, 0.29) is 0 Å². The maximum Gasteiger partial charge on any atom is 0.135 e. The van der Waals surface area contributed by atoms with Crippen molar-refractivity contribution in [2.75, 3.05) is 5.32 Å². The van der Waals surface area contributed by atoms with Gasteiger partial charge < -0.3 is 5.32 Å². The number of anilines is 2. The van der Waals surface area contributed by atoms with Gasteiger partial charge in [0.05, 0.1) is 5.69 Å². The van der Waals surface area contributed by atoms with Gasteiger partial charge in [0.25, 0.3) is 0 Å². The summed E-state index contributed by atoms with van der Waals surface area (Å²) in [7, 11) is 0. The number of rotatable bonds is 3. The lowest BCUT2D eigenvalue weighted by Crippen LogP contribution is -2.00. The minimum absolute atomic E-state index is 0.541. The topological polar surface area (TPSA) is 37.8 Å². The van der Waals surface area contributed by atoms with E-state index in [0.717, 1.165) is 26.4 Å². The first-order valence-corrected chi connectivity index (χ1v) is 7.78. The Morgan fingerprint density at radius 1 is 1.16 bits per heavy atom. The number of nitrogens with zero attached hydrogens (tertiary/aromatic N) is 2. The molecule has 3 rings (SSSR count). The monoisotopic (exact) mass is 381 g/mol. The predicted molar refractivity (Wildman–Crippen MR) is 83.9 cm³/mol. The smallest absolute Gasteiger partial charge is 0.135 e. The highest BCUT2D eigenvalue weighted by Gasteiger charge is 2.27. The van der Waals surface area contributed by atoms with Crippen molar-refractivity contribution < 1.29 is 0 Å². The molecule has 0 spiro atoms. The fourth-order valence-corrected chi connectivity index (χ4v) is 2.64. The van der Waals surface area contributed by atoms with E-state index in [1.54, 1.807) is 0 Å². The van der Waals surface area contributed by atoms with Crippen LogP contribution in [-0.4, -0.2) is 9.97 Å². The molecule has 19 heavy (non-hydrogen) atoms. The quantitative estimate of drug-likeness (QED) is 0.764. The highest BCUT2D eigenvalue weighted by atomic mass is 79.9. The van der Waals surface area contributed by atoms with Crippen LogP contribution in [0.3, 0.4) is 0 Å². The molecule has 0 atom stereocenters. The summed E-state index contributed by atoms with van der Waals surface area (Å²) in [6.07, 6.45) is 2.40. The minimum atomic E-state index is 0.541. The summed E-state index contributed by atoms with van der Waals surface area (Å²) in [5.74, 6) is 2.30. The first kappa shape index (κ1) is 13.1. The Balaban J connectivity index is 1.92. The molecule has 1 saturated carbocycles. The van der Waals surface area contributed by atoms with Crippen LogP contribution in [0, 0.1) is 6.92 Å². The molecule has 0 radical (unpaired) electrons. The van der Waals surface area contributed by atoms with E-state index in [4.69, 9.17) is 0 Å². The van der Waals surface area contributed by atoms with E-state index in [1.165, 1.54) is 18.4 Å². The predicted octanol–water partition coefficient (Wildman–Crippen LogP) is 4.93. The maximum atomic E-state index is 4.59. The van der Waals surface area contributed by atoms with Crippen molar-refractivity contribution in [1.29, 1.82) is 0 Å². The van der Waals surface area contributed by atoms with Crippen molar-refractivity contribution in [3.05, 3.63) is 44.7 Å². The van der Waals surface area contributed by atoms with Crippen molar-refractivity contribution in [2.45, 2.75) is 25.7 Å². The summed E-state index contributed by atoms with van der Waals surface area (Å²) >= 11 is 7.00. The van der Waals surface area contributed by atoms with E-state index in [1.807, 2.05) is 12.1 Å². The molecule has 5 heteroatoms. The highest BCUT2D eigenvalue weighted by molar-refractivity contribution is 9.10. The van der Waals surface area contributed by atoms with Crippen LogP contribution < -0.4 is 5.32 Å². The van der Waals surface area contributed by atoms with Gasteiger partial charge in [-0.25, -0.2) is 9.97 Å². The maximum absolute atomic E-state index is 4.59. The molecule has 1 aliphatic carbocycles. The van der Waals surface area contributed by atoms with Crippen molar-refractivity contribution in [2.24, 2.45) is 0 Å². The van der Waals surface area contributed by atoms with Gasteiger partial charge in [-0.2, -0.15) is 0 Å². The Labute approximate surface area is 129 Å². The zero-order valence-corrected chi connectivity index (χ0v) is 13.6. The third-order valence-electron chi connectivity index (χ3n) is 3.04. The van der Waals surface area contributed by atoms with Crippen molar-refractivity contribution >= 4 is 43.4 Å². The number of aromatic nitrogens is 2. The second-order valence-electron chi connectivity index (χ2n) is 4.82. The SMILES string of the molecule is Cc1ccc(Br)c(Nc2cc(Br)nc(C3CC3)n2)c1. The van der Waals surface area contributed by atoms with E-state index in [9.17, 15) is 0 Å². The normalized spacial score (nSPS) is 14.5. The van der Waals surface area contributed by atoms with Crippen LogP contribution in [0.4, 0.5) is 11.5 Å². The van der Waals surface area contributed by atoms with Gasteiger partial charge in [0, 0.05) is 16.5 Å². The molecule has 1 aromatic carbocycles. The van der Waals surface area contributed by atoms with Crippen LogP contribution in [0.2, 0.25) is 0 Å². The molecule has 3 nitrogen and oxygen atoms in total. The molecule has 0 saturated heterocycles. The summed E-state index contributed by atoms with van der Waals surface area (Å²) in [6, 6.07) is 8.11. The van der Waals surface area contributed by atoms with Gasteiger partial charge in [-0.05, 0) is 69.3 Å². The lowest BCUT2D eigenvalue weighted by molar-refractivity contribution is 0.919. The number of hydrogen-bond donors (Lipinski definition) is 1. The van der Waals surface area contributed by atoms with Gasteiger partial charge in [-0.3, -0.25) is 0 Å². The van der Waals surface area contributed by atoms with Crippen LogP contribution in [0.5, 0.6) is 0 Å². The van der Waals surface area contributed by atoms with E-state index in [0.29, 0.717) is 5.92 Å². The Bertz CT molecular complexity index is 624. The molecule has 1 heterocycles. The lowest BCUT2D eigenvalue weighted by atomic mass is 10.2. The van der Waals surface area contributed by atoms with Crippen LogP contribution in [0.1, 0.15) is 30.1 Å². The third-order valence-corrected chi connectivity index (χ3v) is 4.14. The molecule has 98 valence electrons. The molecule has 1 aliphatic rings. The van der Waals surface area contributed by atoms with Crippen LogP contribution in [0.25, 0.3) is 0 Å².